The van der Waals surface area contributed by atoms with Crippen molar-refractivity contribution < 1.29 is 14.6 Å². The highest BCUT2D eigenvalue weighted by atomic mass is 16.5. The van der Waals surface area contributed by atoms with Crippen molar-refractivity contribution in [2.24, 2.45) is 4.99 Å². The summed E-state index contributed by atoms with van der Waals surface area (Å²) >= 11 is 0. The number of hydrogen-bond donors (Lipinski definition) is 1. The van der Waals surface area contributed by atoms with E-state index in [-0.39, 0.29) is 6.61 Å². The van der Waals surface area contributed by atoms with E-state index in [4.69, 9.17) is 14.5 Å². The van der Waals surface area contributed by atoms with Gasteiger partial charge in [0.2, 0.25) is 0 Å². The molecule has 3 rings (SSSR count). The van der Waals surface area contributed by atoms with E-state index in [1.807, 2.05) is 30.5 Å². The topological polar surface area (TPSA) is 70.4 Å². The number of aromatic nitrogens is 1. The zero-order valence-electron chi connectivity index (χ0n) is 19.6. The summed E-state index contributed by atoms with van der Waals surface area (Å²) in [6.07, 6.45) is 9.77. The summed E-state index contributed by atoms with van der Waals surface area (Å²) in [7, 11) is 5.33. The monoisotopic (exact) mass is 448 g/mol. The van der Waals surface area contributed by atoms with Crippen LogP contribution in [-0.2, 0) is 9.47 Å². The Bertz CT molecular complexity index is 1030. The van der Waals surface area contributed by atoms with Crippen LogP contribution < -0.4 is 9.80 Å². The summed E-state index contributed by atoms with van der Waals surface area (Å²) in [6.45, 7) is 5.87. The van der Waals surface area contributed by atoms with Gasteiger partial charge in [0.1, 0.15) is 5.76 Å². The Balaban J connectivity index is 2.03. The predicted molar refractivity (Wildman–Crippen MR) is 134 cm³/mol. The lowest BCUT2D eigenvalue weighted by Crippen LogP contribution is -2.29. The average Bonchev–Trinajstić information content (AvgIpc) is 2.85. The van der Waals surface area contributed by atoms with Gasteiger partial charge in [0.05, 0.1) is 37.3 Å². The molecule has 0 fully saturated rings. The minimum Gasteiger partial charge on any atom is -0.497 e. The number of ether oxygens (including phenoxy) is 2. The first kappa shape index (κ1) is 24.2. The van der Waals surface area contributed by atoms with Gasteiger partial charge in [0.15, 0.2) is 0 Å². The van der Waals surface area contributed by atoms with Crippen molar-refractivity contribution in [1.29, 1.82) is 0 Å². The molecule has 1 aliphatic heterocycles. The summed E-state index contributed by atoms with van der Waals surface area (Å²) in [4.78, 5) is 13.5. The van der Waals surface area contributed by atoms with E-state index in [0.717, 1.165) is 34.0 Å². The number of benzene rings is 1. The zero-order chi connectivity index (χ0) is 23.6. The highest BCUT2D eigenvalue weighted by molar-refractivity contribution is 6.07. The summed E-state index contributed by atoms with van der Waals surface area (Å²) in [5, 5.41) is 9.49. The van der Waals surface area contributed by atoms with Crippen LogP contribution in [0, 0.1) is 0 Å². The van der Waals surface area contributed by atoms with Gasteiger partial charge in [-0.25, -0.2) is 4.99 Å². The van der Waals surface area contributed by atoms with E-state index in [0.29, 0.717) is 31.9 Å². The van der Waals surface area contributed by atoms with Crippen LogP contribution in [0.15, 0.2) is 84.0 Å². The first-order chi connectivity index (χ1) is 16.1. The molecular formula is C26H32N4O3. The van der Waals surface area contributed by atoms with Crippen LogP contribution in [0.1, 0.15) is 12.0 Å². The number of pyridine rings is 1. The molecule has 0 saturated heterocycles. The molecule has 1 aromatic heterocycles. The van der Waals surface area contributed by atoms with Crippen molar-refractivity contribution in [3.63, 3.8) is 0 Å². The van der Waals surface area contributed by atoms with Crippen LogP contribution in [0.2, 0.25) is 0 Å². The van der Waals surface area contributed by atoms with Crippen molar-refractivity contribution in [2.45, 2.75) is 6.42 Å². The Kier molecular flexibility index (Phi) is 8.80. The molecule has 7 heteroatoms. The largest absolute Gasteiger partial charge is 0.497 e. The van der Waals surface area contributed by atoms with E-state index < -0.39 is 0 Å². The minimum absolute atomic E-state index is 0.0918. The number of aliphatic hydroxyl groups is 1. The van der Waals surface area contributed by atoms with E-state index in [9.17, 15) is 5.11 Å². The molecule has 0 unspecified atom stereocenters. The number of nitrogens with zero attached hydrogens (tertiary/aromatic N) is 4. The molecule has 7 nitrogen and oxygen atoms in total. The molecule has 0 amide bonds. The van der Waals surface area contributed by atoms with Gasteiger partial charge in [0, 0.05) is 62.7 Å². The molecule has 0 radical (unpaired) electrons. The third kappa shape index (κ3) is 6.09. The second-order valence-corrected chi connectivity index (χ2v) is 7.60. The predicted octanol–water partition coefficient (Wildman–Crippen LogP) is 4.09. The molecule has 0 atom stereocenters. The first-order valence-corrected chi connectivity index (χ1v) is 10.9. The third-order valence-electron chi connectivity index (χ3n) is 5.36. The fourth-order valence-electron chi connectivity index (χ4n) is 3.67. The van der Waals surface area contributed by atoms with Gasteiger partial charge < -0.3 is 24.4 Å². The molecule has 0 bridgehead atoms. The van der Waals surface area contributed by atoms with Crippen molar-refractivity contribution in [3.05, 3.63) is 84.6 Å². The SMILES string of the molecule is C=C/C(=C\C(=C/COC)OC)N(CCCO)c1ccc2c(c1)N=C(c1cccnc1)CN2C. The molecule has 0 aliphatic carbocycles. The molecule has 2 heterocycles. The molecule has 1 N–H and O–H groups in total. The highest BCUT2D eigenvalue weighted by Crippen LogP contribution is 2.37. The Morgan fingerprint density at radius 2 is 2.15 bits per heavy atom. The summed E-state index contributed by atoms with van der Waals surface area (Å²) in [6, 6.07) is 10.2. The normalized spacial score (nSPS) is 13.9. The van der Waals surface area contributed by atoms with Gasteiger partial charge >= 0.3 is 0 Å². The van der Waals surface area contributed by atoms with Gasteiger partial charge in [-0.3, -0.25) is 4.98 Å². The summed E-state index contributed by atoms with van der Waals surface area (Å²) in [5.74, 6) is 0.676. The van der Waals surface area contributed by atoms with Gasteiger partial charge in [-0.15, -0.1) is 0 Å². The molecule has 33 heavy (non-hydrogen) atoms. The molecule has 1 aliphatic rings. The van der Waals surface area contributed by atoms with Crippen molar-refractivity contribution in [1.82, 2.24) is 4.98 Å². The first-order valence-electron chi connectivity index (χ1n) is 10.9. The van der Waals surface area contributed by atoms with Gasteiger partial charge in [-0.1, -0.05) is 12.6 Å². The summed E-state index contributed by atoms with van der Waals surface area (Å²) in [5.41, 5.74) is 5.75. The third-order valence-corrected chi connectivity index (χ3v) is 5.36. The van der Waals surface area contributed by atoms with Gasteiger partial charge in [-0.2, -0.15) is 0 Å². The maximum Gasteiger partial charge on any atom is 0.119 e. The Morgan fingerprint density at radius 1 is 1.30 bits per heavy atom. The number of allylic oxidation sites excluding steroid dienone is 2. The number of anilines is 2. The molecule has 2 aromatic rings. The number of likely N-dealkylation sites (N-methyl/N-ethyl adjacent to an activating group) is 1. The van der Waals surface area contributed by atoms with E-state index in [1.54, 1.807) is 26.5 Å². The smallest absolute Gasteiger partial charge is 0.119 e. The molecule has 0 saturated carbocycles. The number of rotatable bonds is 11. The second-order valence-electron chi connectivity index (χ2n) is 7.60. The number of hydrogen-bond acceptors (Lipinski definition) is 7. The van der Waals surface area contributed by atoms with Crippen molar-refractivity contribution in [3.8, 4) is 0 Å². The number of aliphatic hydroxyl groups excluding tert-OH is 1. The van der Waals surface area contributed by atoms with Crippen LogP contribution in [0.25, 0.3) is 0 Å². The van der Waals surface area contributed by atoms with Crippen LogP contribution in [0.5, 0.6) is 0 Å². The van der Waals surface area contributed by atoms with Crippen molar-refractivity contribution in [2.75, 3.05) is 57.4 Å². The van der Waals surface area contributed by atoms with Crippen LogP contribution in [-0.4, -0.2) is 63.4 Å². The lowest BCUT2D eigenvalue weighted by molar-refractivity contribution is 0.226. The minimum atomic E-state index is 0.0918. The fourth-order valence-corrected chi connectivity index (χ4v) is 3.67. The lowest BCUT2D eigenvalue weighted by atomic mass is 10.1. The Labute approximate surface area is 196 Å². The Morgan fingerprint density at radius 3 is 2.82 bits per heavy atom. The van der Waals surface area contributed by atoms with Crippen LogP contribution in [0.3, 0.4) is 0 Å². The van der Waals surface area contributed by atoms with Crippen LogP contribution in [0.4, 0.5) is 17.1 Å². The van der Waals surface area contributed by atoms with Crippen LogP contribution >= 0.6 is 0 Å². The maximum absolute atomic E-state index is 9.49. The molecular weight excluding hydrogens is 416 g/mol. The zero-order valence-corrected chi connectivity index (χ0v) is 19.6. The van der Waals surface area contributed by atoms with Gasteiger partial charge in [-0.05, 0) is 42.8 Å². The van der Waals surface area contributed by atoms with E-state index in [1.165, 1.54) is 0 Å². The van der Waals surface area contributed by atoms with Gasteiger partial charge in [0.25, 0.3) is 0 Å². The van der Waals surface area contributed by atoms with E-state index >= 15 is 0 Å². The highest BCUT2D eigenvalue weighted by Gasteiger charge is 2.20. The van der Waals surface area contributed by atoms with E-state index in [2.05, 4.69) is 46.6 Å². The average molecular weight is 449 g/mol. The number of methoxy groups -OCH3 is 2. The molecule has 0 spiro atoms. The maximum atomic E-state index is 9.49. The standard InChI is InChI=1S/C26H32N4O3/c1-5-21(16-23(33-4)11-15-32-3)30(13-7-14-31)22-9-10-26-24(17-22)28-25(19-29(26)2)20-8-6-12-27-18-20/h5-6,8-12,16-18,31H,1,7,13-15,19H2,2-4H3/b21-16+,23-11+. The Hall–Kier alpha value is -3.42. The summed E-state index contributed by atoms with van der Waals surface area (Å²) < 4.78 is 10.6. The molecule has 174 valence electrons. The number of aliphatic imine (C=N–C) groups is 1. The van der Waals surface area contributed by atoms with Crippen molar-refractivity contribution >= 4 is 22.8 Å². The quantitative estimate of drug-likeness (QED) is 0.413. The fraction of sp³-hybridized carbons (Fsp3) is 0.308. The lowest BCUT2D eigenvalue weighted by Gasteiger charge is -2.30. The molecule has 1 aromatic carbocycles. The number of fused-ring (bicyclic) bond motifs is 1. The second kappa shape index (κ2) is 12.0.